The van der Waals surface area contributed by atoms with Crippen molar-refractivity contribution in [2.24, 2.45) is 0 Å². The summed E-state index contributed by atoms with van der Waals surface area (Å²) in [6.45, 7) is 2.74. The van der Waals surface area contributed by atoms with E-state index in [2.05, 4.69) is 20.2 Å². The Bertz CT molecular complexity index is 1080. The van der Waals surface area contributed by atoms with E-state index in [1.165, 1.54) is 0 Å². The van der Waals surface area contributed by atoms with Crippen molar-refractivity contribution in [2.45, 2.75) is 24.1 Å². The first-order chi connectivity index (χ1) is 14.5. The summed E-state index contributed by atoms with van der Waals surface area (Å²) in [5.74, 6) is 0.433. The average molecular weight is 447 g/mol. The molecule has 30 heavy (non-hydrogen) atoms. The molecular weight excluding hydrogens is 424 g/mol. The molecular formula is C20H22N4O4S2. The Morgan fingerprint density at radius 3 is 2.57 bits per heavy atom. The number of ether oxygens (including phenoxy) is 1. The lowest BCUT2D eigenvalue weighted by molar-refractivity contribution is 0.102. The van der Waals surface area contributed by atoms with Gasteiger partial charge in [0.15, 0.2) is 0 Å². The molecule has 0 unspecified atom stereocenters. The van der Waals surface area contributed by atoms with Crippen molar-refractivity contribution in [1.82, 2.24) is 14.9 Å². The van der Waals surface area contributed by atoms with Gasteiger partial charge in [0, 0.05) is 12.1 Å². The van der Waals surface area contributed by atoms with Crippen molar-refractivity contribution in [3.63, 3.8) is 0 Å². The van der Waals surface area contributed by atoms with Crippen molar-refractivity contribution < 1.29 is 17.9 Å². The summed E-state index contributed by atoms with van der Waals surface area (Å²) >= 11 is 0.802. The van der Waals surface area contributed by atoms with Gasteiger partial charge in [-0.1, -0.05) is 47.7 Å². The molecule has 2 aromatic carbocycles. The first-order valence-electron chi connectivity index (χ1n) is 9.40. The number of amides is 1. The van der Waals surface area contributed by atoms with Crippen LogP contribution in [0.4, 0.5) is 5.13 Å². The van der Waals surface area contributed by atoms with E-state index in [1.54, 1.807) is 30.3 Å². The highest BCUT2D eigenvalue weighted by atomic mass is 32.2. The topological polar surface area (TPSA) is 110 Å². The van der Waals surface area contributed by atoms with Gasteiger partial charge in [-0.15, -0.1) is 10.2 Å². The van der Waals surface area contributed by atoms with Crippen LogP contribution in [0.25, 0.3) is 0 Å². The minimum Gasteiger partial charge on any atom is -0.494 e. The summed E-state index contributed by atoms with van der Waals surface area (Å²) < 4.78 is 32.8. The molecule has 0 fully saturated rings. The zero-order valence-electron chi connectivity index (χ0n) is 16.4. The summed E-state index contributed by atoms with van der Waals surface area (Å²) in [6, 6.07) is 16.3. The fourth-order valence-corrected chi connectivity index (χ4v) is 4.69. The smallest absolute Gasteiger partial charge is 0.269 e. The summed E-state index contributed by atoms with van der Waals surface area (Å²) in [5.41, 5.74) is 1.47. The van der Waals surface area contributed by atoms with Crippen molar-refractivity contribution in [2.75, 3.05) is 18.5 Å². The van der Waals surface area contributed by atoms with Crippen LogP contribution >= 0.6 is 11.3 Å². The van der Waals surface area contributed by atoms with Gasteiger partial charge in [0.25, 0.3) is 15.9 Å². The lowest BCUT2D eigenvalue weighted by Crippen LogP contribution is -2.25. The number of benzene rings is 2. The Balaban J connectivity index is 1.53. The highest BCUT2D eigenvalue weighted by molar-refractivity contribution is 7.91. The van der Waals surface area contributed by atoms with Crippen LogP contribution in [-0.2, 0) is 16.4 Å². The number of carbonyl (C=O) groups excluding carboxylic acids is 1. The maximum atomic E-state index is 12.4. The van der Waals surface area contributed by atoms with Crippen LogP contribution in [0.5, 0.6) is 5.75 Å². The molecule has 3 aromatic rings. The van der Waals surface area contributed by atoms with Crippen molar-refractivity contribution in [3.05, 3.63) is 65.7 Å². The number of hydrogen-bond acceptors (Lipinski definition) is 7. The minimum atomic E-state index is -3.80. The third kappa shape index (κ3) is 5.85. The molecule has 0 atom stereocenters. The number of nitrogens with one attached hydrogen (secondary N) is 2. The molecule has 158 valence electrons. The number of aryl methyl sites for hydroxylation is 1. The molecule has 0 radical (unpaired) electrons. The van der Waals surface area contributed by atoms with Crippen LogP contribution in [-0.4, -0.2) is 37.7 Å². The van der Waals surface area contributed by atoms with Gasteiger partial charge in [-0.25, -0.2) is 13.1 Å². The molecule has 0 spiro atoms. The second kappa shape index (κ2) is 10.3. The highest BCUT2D eigenvalue weighted by Gasteiger charge is 2.20. The largest absolute Gasteiger partial charge is 0.494 e. The van der Waals surface area contributed by atoms with Crippen LogP contribution in [0.3, 0.4) is 0 Å². The van der Waals surface area contributed by atoms with E-state index in [0.717, 1.165) is 22.6 Å². The molecule has 0 saturated carbocycles. The maximum absolute atomic E-state index is 12.4. The molecule has 3 rings (SSSR count). The van der Waals surface area contributed by atoms with Gasteiger partial charge < -0.3 is 4.74 Å². The standard InChI is InChI=1S/C20H22N4O4S2/c1-2-28-17-13-7-6-9-15(17)12-8-14-21-30(26,27)20-24-23-19(29-20)22-18(25)16-10-4-3-5-11-16/h3-7,9-11,13,21H,2,8,12,14H2,1H3,(H,22,23,25). The molecule has 10 heteroatoms. The van der Waals surface area contributed by atoms with E-state index in [4.69, 9.17) is 4.74 Å². The second-order valence-electron chi connectivity index (χ2n) is 6.24. The summed E-state index contributed by atoms with van der Waals surface area (Å²) in [7, 11) is -3.80. The molecule has 8 nitrogen and oxygen atoms in total. The van der Waals surface area contributed by atoms with Gasteiger partial charge in [0.1, 0.15) is 5.75 Å². The highest BCUT2D eigenvalue weighted by Crippen LogP contribution is 2.21. The van der Waals surface area contributed by atoms with E-state index in [9.17, 15) is 13.2 Å². The Labute approximate surface area is 179 Å². The molecule has 0 bridgehead atoms. The Morgan fingerprint density at radius 2 is 1.80 bits per heavy atom. The monoisotopic (exact) mass is 446 g/mol. The summed E-state index contributed by atoms with van der Waals surface area (Å²) in [5, 5.41) is 10.1. The molecule has 0 aliphatic rings. The van der Waals surface area contributed by atoms with E-state index < -0.39 is 10.0 Å². The number of anilines is 1. The van der Waals surface area contributed by atoms with Crippen molar-refractivity contribution in [3.8, 4) is 5.75 Å². The van der Waals surface area contributed by atoms with Gasteiger partial charge in [-0.05, 0) is 43.5 Å². The van der Waals surface area contributed by atoms with E-state index in [1.807, 2.05) is 31.2 Å². The van der Waals surface area contributed by atoms with E-state index >= 15 is 0 Å². The Hall–Kier alpha value is -2.82. The number of carbonyl (C=O) groups is 1. The van der Waals surface area contributed by atoms with Crippen molar-refractivity contribution in [1.29, 1.82) is 0 Å². The number of para-hydroxylation sites is 1. The first kappa shape index (κ1) is 21.9. The zero-order valence-corrected chi connectivity index (χ0v) is 18.0. The molecule has 1 aromatic heterocycles. The number of nitrogens with zero attached hydrogens (tertiary/aromatic N) is 2. The molecule has 1 heterocycles. The van der Waals surface area contributed by atoms with Gasteiger partial charge in [0.05, 0.1) is 6.61 Å². The summed E-state index contributed by atoms with van der Waals surface area (Å²) in [6.07, 6.45) is 1.27. The Kier molecular flexibility index (Phi) is 7.50. The van der Waals surface area contributed by atoms with Gasteiger partial charge >= 0.3 is 0 Å². The van der Waals surface area contributed by atoms with E-state index in [0.29, 0.717) is 25.0 Å². The lowest BCUT2D eigenvalue weighted by Gasteiger charge is -2.10. The number of sulfonamides is 1. The zero-order chi connectivity index (χ0) is 21.4. The number of hydrogen-bond donors (Lipinski definition) is 2. The normalized spacial score (nSPS) is 11.2. The van der Waals surface area contributed by atoms with Gasteiger partial charge in [0.2, 0.25) is 9.47 Å². The van der Waals surface area contributed by atoms with E-state index in [-0.39, 0.29) is 21.9 Å². The van der Waals surface area contributed by atoms with Gasteiger partial charge in [-0.3, -0.25) is 10.1 Å². The molecule has 1 amide bonds. The fraction of sp³-hybridized carbons (Fsp3) is 0.250. The summed E-state index contributed by atoms with van der Waals surface area (Å²) in [4.78, 5) is 12.1. The maximum Gasteiger partial charge on any atom is 0.269 e. The predicted octanol–water partition coefficient (Wildman–Crippen LogP) is 3.10. The quantitative estimate of drug-likeness (QED) is 0.366. The first-order valence-corrected chi connectivity index (χ1v) is 11.7. The van der Waals surface area contributed by atoms with Crippen LogP contribution in [0.2, 0.25) is 0 Å². The minimum absolute atomic E-state index is 0.120. The third-order valence-corrected chi connectivity index (χ3v) is 6.75. The van der Waals surface area contributed by atoms with Crippen LogP contribution in [0, 0.1) is 0 Å². The molecule has 0 aliphatic heterocycles. The van der Waals surface area contributed by atoms with Gasteiger partial charge in [-0.2, -0.15) is 0 Å². The molecule has 0 saturated heterocycles. The SMILES string of the molecule is CCOc1ccccc1CCCNS(=O)(=O)c1nnc(NC(=O)c2ccccc2)s1. The average Bonchev–Trinajstić information content (AvgIpc) is 3.23. The third-order valence-electron chi connectivity index (χ3n) is 4.08. The van der Waals surface area contributed by atoms with Crippen molar-refractivity contribution >= 4 is 32.4 Å². The fourth-order valence-electron chi connectivity index (χ4n) is 2.68. The van der Waals surface area contributed by atoms with Crippen LogP contribution < -0.4 is 14.8 Å². The number of aromatic nitrogens is 2. The molecule has 2 N–H and O–H groups in total. The number of rotatable bonds is 10. The van der Waals surface area contributed by atoms with Crippen LogP contribution in [0.1, 0.15) is 29.3 Å². The Morgan fingerprint density at radius 1 is 1.07 bits per heavy atom. The second-order valence-corrected chi connectivity index (χ2v) is 9.15. The lowest BCUT2D eigenvalue weighted by atomic mass is 10.1. The predicted molar refractivity (Wildman–Crippen MR) is 115 cm³/mol. The van der Waals surface area contributed by atoms with Crippen LogP contribution in [0.15, 0.2) is 58.9 Å². The molecule has 0 aliphatic carbocycles.